The number of hydrogen-bond donors (Lipinski definition) is 2. The van der Waals surface area contributed by atoms with Gasteiger partial charge in [-0.25, -0.2) is 0 Å². The van der Waals surface area contributed by atoms with Gasteiger partial charge in [-0.1, -0.05) is 80.6 Å². The Morgan fingerprint density at radius 2 is 1.38 bits per heavy atom. The molecular weight excluding hydrogens is 387 g/mol. The summed E-state index contributed by atoms with van der Waals surface area (Å²) < 4.78 is 17.7. The number of hydrogen-bond acceptors (Lipinski definition) is 4. The molecule has 0 aromatic heterocycles. The van der Waals surface area contributed by atoms with E-state index in [0.717, 1.165) is 25.7 Å². The fourth-order valence-corrected chi connectivity index (χ4v) is 4.14. The smallest absolute Gasteiger partial charge is 0.399 e. The van der Waals surface area contributed by atoms with Gasteiger partial charge in [0.15, 0.2) is 0 Å². The van der Waals surface area contributed by atoms with Crippen molar-refractivity contribution in [1.29, 1.82) is 0 Å². The molecule has 29 heavy (non-hydrogen) atoms. The molecule has 0 aliphatic rings. The molecule has 166 valence electrons. The van der Waals surface area contributed by atoms with Crippen LogP contribution in [0.25, 0.3) is 0 Å². The highest BCUT2D eigenvalue weighted by molar-refractivity contribution is 7.71. The Kier molecular flexibility index (Phi) is 9.13. The summed E-state index contributed by atoms with van der Waals surface area (Å²) in [6.07, 6.45) is 6.11. The molecule has 0 radical (unpaired) electrons. The maximum Gasteiger partial charge on any atom is 0.399 e. The molecule has 1 rings (SSSR count). The van der Waals surface area contributed by atoms with Crippen LogP contribution in [0.15, 0.2) is 12.1 Å². The van der Waals surface area contributed by atoms with E-state index in [4.69, 9.17) is 4.52 Å². The van der Waals surface area contributed by atoms with Crippen LogP contribution < -0.4 is 0 Å². The average Bonchev–Trinajstić information content (AvgIpc) is 2.58. The van der Waals surface area contributed by atoms with E-state index >= 15 is 0 Å². The molecule has 0 saturated heterocycles. The second-order valence-corrected chi connectivity index (χ2v) is 11.6. The van der Waals surface area contributed by atoms with Gasteiger partial charge >= 0.3 is 7.60 Å². The van der Waals surface area contributed by atoms with Gasteiger partial charge in [0.2, 0.25) is 0 Å². The summed E-state index contributed by atoms with van der Waals surface area (Å²) >= 11 is 0. The number of phenolic OH excluding ortho intramolecular Hbond substituents is 1. The molecule has 6 heteroatoms. The van der Waals surface area contributed by atoms with Crippen molar-refractivity contribution >= 4 is 13.1 Å². The van der Waals surface area contributed by atoms with E-state index < -0.39 is 24.0 Å². The Labute approximate surface area is 176 Å². The molecule has 0 aliphatic carbocycles. The van der Waals surface area contributed by atoms with E-state index in [2.05, 4.69) is 6.92 Å². The molecule has 0 aliphatic heterocycles. The molecule has 0 spiro atoms. The van der Waals surface area contributed by atoms with Gasteiger partial charge in [0.1, 0.15) is 5.75 Å². The summed E-state index contributed by atoms with van der Waals surface area (Å²) in [6, 6.07) is 3.04. The number of unbranched alkanes of at least 4 members (excludes halogenated alkanes) is 5. The lowest BCUT2D eigenvalue weighted by Gasteiger charge is -2.28. The monoisotopic (exact) mass is 426 g/mol. The highest BCUT2D eigenvalue weighted by Crippen LogP contribution is 2.48. The highest BCUT2D eigenvalue weighted by atomic mass is 31.2. The standard InChI is InChI=1S/C23H39O5P/c1-8-9-10-11-12-13-14-28-29(26,27)21(25)17-15-18(22(2,3)4)20(24)19(16-17)23(5,6)7/h15-16,24H,8-14H2,1-7H3,(H,26,27). The largest absolute Gasteiger partial charge is 0.507 e. The third-order valence-corrected chi connectivity index (χ3v) is 6.30. The SMILES string of the molecule is CCCCCCCCOP(=O)(O)C(=O)c1cc(C(C)(C)C)c(O)c(C(C)(C)C)c1. The Hall–Kier alpha value is -1.16. The van der Waals surface area contributed by atoms with Crippen LogP contribution in [-0.2, 0) is 19.9 Å². The Balaban J connectivity index is 3.03. The number of carbonyl (C=O) groups is 1. The molecule has 0 amide bonds. The molecule has 0 fully saturated rings. The average molecular weight is 427 g/mol. The highest BCUT2D eigenvalue weighted by Gasteiger charge is 2.35. The van der Waals surface area contributed by atoms with Crippen LogP contribution in [0.3, 0.4) is 0 Å². The number of phenols is 1. The molecule has 2 N–H and O–H groups in total. The van der Waals surface area contributed by atoms with Gasteiger partial charge in [0.25, 0.3) is 5.52 Å². The predicted molar refractivity (Wildman–Crippen MR) is 119 cm³/mol. The van der Waals surface area contributed by atoms with Gasteiger partial charge < -0.3 is 14.5 Å². The lowest BCUT2D eigenvalue weighted by atomic mass is 9.78. The van der Waals surface area contributed by atoms with Gasteiger partial charge in [0.05, 0.1) is 6.61 Å². The minimum Gasteiger partial charge on any atom is -0.507 e. The molecule has 1 unspecified atom stereocenters. The second kappa shape index (κ2) is 10.2. The molecule has 0 saturated carbocycles. The Morgan fingerprint density at radius 1 is 0.931 bits per heavy atom. The van der Waals surface area contributed by atoms with E-state index in [9.17, 15) is 19.4 Å². The maximum atomic E-state index is 12.8. The van der Waals surface area contributed by atoms with Crippen molar-refractivity contribution in [2.24, 2.45) is 0 Å². The second-order valence-electron chi connectivity index (χ2n) is 9.85. The van der Waals surface area contributed by atoms with Crippen molar-refractivity contribution in [2.45, 2.75) is 97.8 Å². The van der Waals surface area contributed by atoms with Crippen molar-refractivity contribution in [2.75, 3.05) is 6.61 Å². The van der Waals surface area contributed by atoms with Crippen LogP contribution in [-0.4, -0.2) is 22.1 Å². The van der Waals surface area contributed by atoms with E-state index in [1.807, 2.05) is 41.5 Å². The predicted octanol–water partition coefficient (Wildman–Crippen LogP) is 6.69. The number of aromatic hydroxyl groups is 1. The molecule has 0 heterocycles. The van der Waals surface area contributed by atoms with Crippen LogP contribution in [0.5, 0.6) is 5.75 Å². The summed E-state index contributed by atoms with van der Waals surface area (Å²) in [5, 5.41) is 10.8. The van der Waals surface area contributed by atoms with E-state index in [1.165, 1.54) is 18.6 Å². The summed E-state index contributed by atoms with van der Waals surface area (Å²) in [6.45, 7) is 13.8. The van der Waals surface area contributed by atoms with Crippen molar-refractivity contribution in [1.82, 2.24) is 0 Å². The molecule has 1 aromatic carbocycles. The zero-order valence-electron chi connectivity index (χ0n) is 19.2. The zero-order valence-corrected chi connectivity index (χ0v) is 20.1. The first-order valence-corrected chi connectivity index (χ1v) is 12.2. The van der Waals surface area contributed by atoms with E-state index in [-0.39, 0.29) is 17.9 Å². The lowest BCUT2D eigenvalue weighted by molar-refractivity contribution is 0.102. The number of carbonyl (C=O) groups excluding carboxylic acids is 1. The van der Waals surface area contributed by atoms with Crippen molar-refractivity contribution in [3.8, 4) is 5.75 Å². The molecular formula is C23H39O5P. The first-order chi connectivity index (χ1) is 13.2. The van der Waals surface area contributed by atoms with Gasteiger partial charge in [-0.2, -0.15) is 0 Å². The molecule has 0 bridgehead atoms. The first-order valence-electron chi connectivity index (χ1n) is 10.6. The third kappa shape index (κ3) is 7.55. The normalized spacial score (nSPS) is 14.6. The summed E-state index contributed by atoms with van der Waals surface area (Å²) in [7, 11) is -4.45. The fourth-order valence-electron chi connectivity index (χ4n) is 3.19. The van der Waals surface area contributed by atoms with Gasteiger partial charge in [-0.05, 0) is 29.4 Å². The first kappa shape index (κ1) is 25.9. The van der Waals surface area contributed by atoms with Gasteiger partial charge in [0, 0.05) is 16.7 Å². The van der Waals surface area contributed by atoms with Crippen molar-refractivity contribution < 1.29 is 23.9 Å². The minimum absolute atomic E-state index is 0.0853. The van der Waals surface area contributed by atoms with E-state index in [0.29, 0.717) is 17.5 Å². The zero-order chi connectivity index (χ0) is 22.5. The number of benzene rings is 1. The van der Waals surface area contributed by atoms with Gasteiger partial charge in [-0.3, -0.25) is 9.36 Å². The maximum absolute atomic E-state index is 12.8. The minimum atomic E-state index is -4.45. The molecule has 5 nitrogen and oxygen atoms in total. The van der Waals surface area contributed by atoms with Crippen molar-refractivity contribution in [3.63, 3.8) is 0 Å². The Bertz CT molecular complexity index is 706. The van der Waals surface area contributed by atoms with Crippen LogP contribution in [0.4, 0.5) is 0 Å². The van der Waals surface area contributed by atoms with Crippen LogP contribution in [0, 0.1) is 0 Å². The summed E-state index contributed by atoms with van der Waals surface area (Å²) in [5.74, 6) is 0.127. The Morgan fingerprint density at radius 3 is 1.83 bits per heavy atom. The lowest BCUT2D eigenvalue weighted by Crippen LogP contribution is -2.19. The summed E-state index contributed by atoms with van der Waals surface area (Å²) in [4.78, 5) is 23.1. The molecule has 1 aromatic rings. The van der Waals surface area contributed by atoms with E-state index in [1.54, 1.807) is 0 Å². The topological polar surface area (TPSA) is 83.8 Å². The van der Waals surface area contributed by atoms with Crippen molar-refractivity contribution in [3.05, 3.63) is 28.8 Å². The van der Waals surface area contributed by atoms with Crippen LogP contribution >= 0.6 is 7.60 Å². The molecule has 1 atom stereocenters. The summed E-state index contributed by atoms with van der Waals surface area (Å²) in [5.41, 5.74) is -0.530. The van der Waals surface area contributed by atoms with Crippen LogP contribution in [0.1, 0.15) is 108 Å². The number of rotatable bonds is 10. The quantitative estimate of drug-likeness (QED) is 0.322. The van der Waals surface area contributed by atoms with Crippen LogP contribution in [0.2, 0.25) is 0 Å². The van der Waals surface area contributed by atoms with Gasteiger partial charge in [-0.15, -0.1) is 0 Å². The fraction of sp³-hybridized carbons (Fsp3) is 0.696. The third-order valence-electron chi connectivity index (χ3n) is 4.99.